The van der Waals surface area contributed by atoms with Gasteiger partial charge in [-0.1, -0.05) is 18.5 Å². The summed E-state index contributed by atoms with van der Waals surface area (Å²) in [6.45, 7) is 5.55. The van der Waals surface area contributed by atoms with Crippen LogP contribution in [0.3, 0.4) is 0 Å². The second-order valence-corrected chi connectivity index (χ2v) is 10.4. The maximum Gasteiger partial charge on any atom is 0.282 e. The number of hydrogen-bond donors (Lipinski definition) is 1. The van der Waals surface area contributed by atoms with E-state index in [4.69, 9.17) is 4.52 Å². The second kappa shape index (κ2) is 7.76. The molecular weight excluding hydrogens is 380 g/mol. The fourth-order valence-electron chi connectivity index (χ4n) is 4.27. The van der Waals surface area contributed by atoms with E-state index in [1.807, 2.05) is 13.8 Å². The minimum Gasteiger partial charge on any atom is -0.360 e. The third-order valence-electron chi connectivity index (χ3n) is 6.24. The van der Waals surface area contributed by atoms with Gasteiger partial charge in [0.25, 0.3) is 16.1 Å². The van der Waals surface area contributed by atoms with Gasteiger partial charge in [0, 0.05) is 43.7 Å². The first kappa shape index (κ1) is 19.8. The maximum atomic E-state index is 13.1. The zero-order chi connectivity index (χ0) is 19.9. The highest BCUT2D eigenvalue weighted by Gasteiger charge is 2.41. The summed E-state index contributed by atoms with van der Waals surface area (Å²) < 4.78 is 34.6. The lowest BCUT2D eigenvalue weighted by Crippen LogP contribution is -2.58. The zero-order valence-electron chi connectivity index (χ0n) is 16.6. The Morgan fingerprint density at radius 1 is 1.21 bits per heavy atom. The fraction of sp³-hybridized carbons (Fsp3) is 0.789. The zero-order valence-corrected chi connectivity index (χ0v) is 17.5. The van der Waals surface area contributed by atoms with Crippen molar-refractivity contribution in [3.63, 3.8) is 0 Å². The van der Waals surface area contributed by atoms with Gasteiger partial charge in [-0.3, -0.25) is 4.79 Å². The third-order valence-corrected chi connectivity index (χ3v) is 8.36. The fourth-order valence-corrected chi connectivity index (χ4v) is 6.25. The molecule has 3 aliphatic rings. The summed E-state index contributed by atoms with van der Waals surface area (Å²) in [6, 6.07) is 1.49. The van der Waals surface area contributed by atoms with Gasteiger partial charge in [0.1, 0.15) is 5.76 Å². The van der Waals surface area contributed by atoms with E-state index in [0.29, 0.717) is 37.7 Å². The Hall–Kier alpha value is -1.45. The first-order valence-corrected chi connectivity index (χ1v) is 11.8. The van der Waals surface area contributed by atoms with Crippen LogP contribution in [0.1, 0.15) is 74.5 Å². The quantitative estimate of drug-likeness (QED) is 0.802. The molecule has 1 aliphatic carbocycles. The Bertz CT molecular complexity index is 814. The van der Waals surface area contributed by atoms with Crippen molar-refractivity contribution in [1.29, 1.82) is 0 Å². The summed E-state index contributed by atoms with van der Waals surface area (Å²) in [7, 11) is -3.44. The summed E-state index contributed by atoms with van der Waals surface area (Å²) >= 11 is 0. The molecule has 3 fully saturated rings. The van der Waals surface area contributed by atoms with Gasteiger partial charge >= 0.3 is 0 Å². The first-order valence-electron chi connectivity index (χ1n) is 10.4. The summed E-state index contributed by atoms with van der Waals surface area (Å²) in [6.07, 6.45) is 5.72. The SMILES string of the molecule is C[C@H]1CN(S(=O)(=O)N2CCCCC2)[C@@H](C)C[C@H]1NC(=O)c1cc(C2CC2)on1. The molecule has 0 unspecified atom stereocenters. The average Bonchev–Trinajstić information content (AvgIpc) is 3.41. The van der Waals surface area contributed by atoms with Crippen LogP contribution in [0.4, 0.5) is 0 Å². The molecule has 156 valence electrons. The van der Waals surface area contributed by atoms with Crippen molar-refractivity contribution in [2.45, 2.75) is 70.4 Å². The number of carbonyl (C=O) groups excluding carboxylic acids is 1. The van der Waals surface area contributed by atoms with Gasteiger partial charge < -0.3 is 9.84 Å². The number of nitrogens with one attached hydrogen (secondary N) is 1. The summed E-state index contributed by atoms with van der Waals surface area (Å²) in [5.41, 5.74) is 0.310. The highest BCUT2D eigenvalue weighted by atomic mass is 32.2. The van der Waals surface area contributed by atoms with Crippen LogP contribution in [-0.2, 0) is 10.2 Å². The first-order chi connectivity index (χ1) is 13.4. The molecule has 2 aliphatic heterocycles. The number of nitrogens with zero attached hydrogens (tertiary/aromatic N) is 3. The molecule has 28 heavy (non-hydrogen) atoms. The van der Waals surface area contributed by atoms with Gasteiger partial charge in [0.05, 0.1) is 0 Å². The molecule has 1 aromatic rings. The lowest BCUT2D eigenvalue weighted by atomic mass is 9.91. The van der Waals surface area contributed by atoms with Crippen molar-refractivity contribution in [3.8, 4) is 0 Å². The van der Waals surface area contributed by atoms with Gasteiger partial charge in [-0.25, -0.2) is 0 Å². The number of rotatable bonds is 5. The van der Waals surface area contributed by atoms with E-state index in [0.717, 1.165) is 37.9 Å². The lowest BCUT2D eigenvalue weighted by Gasteiger charge is -2.43. The number of amides is 1. The van der Waals surface area contributed by atoms with Gasteiger partial charge in [0.15, 0.2) is 5.69 Å². The molecule has 9 heteroatoms. The number of aromatic nitrogens is 1. The van der Waals surface area contributed by atoms with Crippen molar-refractivity contribution < 1.29 is 17.7 Å². The van der Waals surface area contributed by atoms with Gasteiger partial charge in [0.2, 0.25) is 0 Å². The maximum absolute atomic E-state index is 13.1. The predicted molar refractivity (Wildman–Crippen MR) is 104 cm³/mol. The van der Waals surface area contributed by atoms with Crippen LogP contribution < -0.4 is 5.32 Å². The van der Waals surface area contributed by atoms with Crippen molar-refractivity contribution >= 4 is 16.1 Å². The molecule has 2 saturated heterocycles. The predicted octanol–water partition coefficient (Wildman–Crippen LogP) is 2.11. The van der Waals surface area contributed by atoms with E-state index in [-0.39, 0.29) is 23.9 Å². The van der Waals surface area contributed by atoms with Crippen LogP contribution in [0, 0.1) is 5.92 Å². The monoisotopic (exact) mass is 410 g/mol. The Kier molecular flexibility index (Phi) is 5.50. The molecule has 1 amide bonds. The van der Waals surface area contributed by atoms with Crippen molar-refractivity contribution in [3.05, 3.63) is 17.5 Å². The normalized spacial score (nSPS) is 30.3. The Labute approximate surface area is 166 Å². The average molecular weight is 411 g/mol. The van der Waals surface area contributed by atoms with E-state index in [1.165, 1.54) is 0 Å². The standard InChI is InChI=1S/C19H30N4O4S/c1-13-12-23(28(25,26)22-8-4-3-5-9-22)14(2)10-16(13)20-19(24)17-11-18(27-21-17)15-6-7-15/h11,13-16H,3-10,12H2,1-2H3,(H,20,24)/t13-,14-,16+/m0/s1. The van der Waals surface area contributed by atoms with Gasteiger partial charge in [-0.05, 0) is 44.9 Å². The summed E-state index contributed by atoms with van der Waals surface area (Å²) in [5.74, 6) is 0.979. The minimum absolute atomic E-state index is 0.0227. The molecular formula is C19H30N4O4S. The minimum atomic E-state index is -3.44. The van der Waals surface area contributed by atoms with E-state index in [2.05, 4.69) is 10.5 Å². The largest absolute Gasteiger partial charge is 0.360 e. The van der Waals surface area contributed by atoms with E-state index in [1.54, 1.807) is 14.7 Å². The van der Waals surface area contributed by atoms with Crippen molar-refractivity contribution in [1.82, 2.24) is 19.1 Å². The van der Waals surface area contributed by atoms with Crippen LogP contribution in [-0.4, -0.2) is 59.8 Å². The highest BCUT2D eigenvalue weighted by molar-refractivity contribution is 7.86. The highest BCUT2D eigenvalue weighted by Crippen LogP contribution is 2.40. The van der Waals surface area contributed by atoms with E-state index < -0.39 is 10.2 Å². The number of piperidine rings is 2. The molecule has 0 spiro atoms. The van der Waals surface area contributed by atoms with E-state index in [9.17, 15) is 13.2 Å². The Balaban J connectivity index is 1.39. The van der Waals surface area contributed by atoms with Crippen molar-refractivity contribution in [2.75, 3.05) is 19.6 Å². The number of carbonyl (C=O) groups is 1. The summed E-state index contributed by atoms with van der Waals surface area (Å²) in [5, 5.41) is 6.95. The molecule has 3 atom stereocenters. The second-order valence-electron chi connectivity index (χ2n) is 8.57. The van der Waals surface area contributed by atoms with Crippen LogP contribution in [0.5, 0.6) is 0 Å². The molecule has 4 rings (SSSR count). The Morgan fingerprint density at radius 3 is 2.61 bits per heavy atom. The molecule has 0 bridgehead atoms. The van der Waals surface area contributed by atoms with Crippen LogP contribution in [0.2, 0.25) is 0 Å². The van der Waals surface area contributed by atoms with Crippen LogP contribution in [0.15, 0.2) is 10.6 Å². The molecule has 0 radical (unpaired) electrons. The van der Waals surface area contributed by atoms with Crippen LogP contribution in [0.25, 0.3) is 0 Å². The number of hydrogen-bond acceptors (Lipinski definition) is 5. The lowest BCUT2D eigenvalue weighted by molar-refractivity contribution is 0.0866. The van der Waals surface area contributed by atoms with E-state index >= 15 is 0 Å². The molecule has 0 aromatic carbocycles. The third kappa shape index (κ3) is 3.97. The molecule has 3 heterocycles. The molecule has 8 nitrogen and oxygen atoms in total. The summed E-state index contributed by atoms with van der Waals surface area (Å²) in [4.78, 5) is 12.6. The van der Waals surface area contributed by atoms with Gasteiger partial charge in [-0.2, -0.15) is 17.0 Å². The molecule has 1 saturated carbocycles. The Morgan fingerprint density at radius 2 is 1.93 bits per heavy atom. The van der Waals surface area contributed by atoms with Crippen LogP contribution >= 0.6 is 0 Å². The topological polar surface area (TPSA) is 95.8 Å². The van der Waals surface area contributed by atoms with Crippen molar-refractivity contribution in [2.24, 2.45) is 5.92 Å². The molecule has 1 aromatic heterocycles. The smallest absolute Gasteiger partial charge is 0.282 e. The van der Waals surface area contributed by atoms with Gasteiger partial charge in [-0.15, -0.1) is 0 Å². The molecule has 1 N–H and O–H groups in total.